The Bertz CT molecular complexity index is 277. The highest BCUT2D eigenvalue weighted by atomic mass is 32.2. The van der Waals surface area contributed by atoms with Crippen molar-refractivity contribution in [3.05, 3.63) is 23.8 Å². The van der Waals surface area contributed by atoms with Gasteiger partial charge in [0.1, 0.15) is 0 Å². The van der Waals surface area contributed by atoms with Gasteiger partial charge in [0.2, 0.25) is 0 Å². The van der Waals surface area contributed by atoms with E-state index in [2.05, 4.69) is 28.3 Å². The summed E-state index contributed by atoms with van der Waals surface area (Å²) in [6.07, 6.45) is 11.1. The second-order valence-corrected chi connectivity index (χ2v) is 4.51. The maximum absolute atomic E-state index is 10.1. The molecule has 1 aliphatic rings. The second kappa shape index (κ2) is 8.64. The van der Waals surface area contributed by atoms with Gasteiger partial charge in [-0.2, -0.15) is 0 Å². The third-order valence-electron chi connectivity index (χ3n) is 2.46. The number of rotatable bonds is 8. The fraction of sp³-hybridized carbons (Fsp3) is 0.636. The van der Waals surface area contributed by atoms with Gasteiger partial charge in [0.05, 0.1) is 0 Å². The molecule has 1 atom stereocenters. The van der Waals surface area contributed by atoms with Crippen molar-refractivity contribution >= 4 is 11.3 Å². The summed E-state index contributed by atoms with van der Waals surface area (Å²) in [5.74, 6) is 0. The van der Waals surface area contributed by atoms with Gasteiger partial charge in [0, 0.05) is 24.4 Å². The summed E-state index contributed by atoms with van der Waals surface area (Å²) in [7, 11) is 0. The van der Waals surface area contributed by atoms with E-state index in [0.29, 0.717) is 13.1 Å². The Morgan fingerprint density at radius 2 is 2.19 bits per heavy atom. The number of nitrogens with one attached hydrogen (secondary N) is 2. The number of hydrogen-bond acceptors (Lipinski definition) is 3. The first kappa shape index (κ1) is 13.6. The van der Waals surface area contributed by atoms with Gasteiger partial charge in [-0.1, -0.05) is 23.8 Å². The molecule has 0 aromatic carbocycles. The third kappa shape index (κ3) is 6.90. The van der Waals surface area contributed by atoms with Gasteiger partial charge >= 0.3 is 0 Å². The molecule has 5 heteroatoms. The normalized spacial score (nSPS) is 17.2. The van der Waals surface area contributed by atoms with Gasteiger partial charge < -0.3 is 9.87 Å². The van der Waals surface area contributed by atoms with E-state index in [1.165, 1.54) is 5.57 Å². The van der Waals surface area contributed by atoms with Crippen molar-refractivity contribution in [2.24, 2.45) is 0 Å². The Kier molecular flexibility index (Phi) is 7.33. The lowest BCUT2D eigenvalue weighted by Crippen LogP contribution is -2.28. The van der Waals surface area contributed by atoms with Crippen LogP contribution in [-0.4, -0.2) is 28.4 Å². The Morgan fingerprint density at radius 1 is 1.31 bits per heavy atom. The topological polar surface area (TPSA) is 64.2 Å². The highest BCUT2D eigenvalue weighted by Gasteiger charge is 1.98. The van der Waals surface area contributed by atoms with E-state index in [4.69, 9.17) is 0 Å². The minimum Gasteiger partial charge on any atom is -0.760 e. The fourth-order valence-corrected chi connectivity index (χ4v) is 1.91. The maximum atomic E-state index is 10.1. The molecule has 1 unspecified atom stereocenters. The summed E-state index contributed by atoms with van der Waals surface area (Å²) in [6.45, 7) is 2.09. The van der Waals surface area contributed by atoms with Crippen molar-refractivity contribution in [2.75, 3.05) is 19.6 Å². The standard InChI is InChI=1S/C11H20N2O2S/c14-16(15)13-10-9-12-8-4-7-11-5-2-1-3-6-11/h1-2,6,12-13H,3-5,7-10H2,(H,14,15)/p-1. The van der Waals surface area contributed by atoms with E-state index in [1.54, 1.807) is 0 Å². The molecular weight excluding hydrogens is 224 g/mol. The van der Waals surface area contributed by atoms with E-state index in [9.17, 15) is 8.76 Å². The Hall–Kier alpha value is -0.490. The Balaban J connectivity index is 1.88. The molecule has 0 saturated carbocycles. The average molecular weight is 243 g/mol. The van der Waals surface area contributed by atoms with Crippen molar-refractivity contribution in [3.63, 3.8) is 0 Å². The van der Waals surface area contributed by atoms with Gasteiger partial charge in [0.15, 0.2) is 0 Å². The molecule has 0 amide bonds. The summed E-state index contributed by atoms with van der Waals surface area (Å²) in [6, 6.07) is 0. The van der Waals surface area contributed by atoms with Crippen LogP contribution >= 0.6 is 0 Å². The van der Waals surface area contributed by atoms with Gasteiger partial charge in [-0.25, -0.2) is 4.72 Å². The summed E-state index contributed by atoms with van der Waals surface area (Å²) < 4.78 is 22.6. The van der Waals surface area contributed by atoms with Crippen LogP contribution in [0.3, 0.4) is 0 Å². The molecular formula is C11H19N2O2S-. The van der Waals surface area contributed by atoms with E-state index >= 15 is 0 Å². The molecule has 92 valence electrons. The lowest BCUT2D eigenvalue weighted by molar-refractivity contribution is 0.520. The van der Waals surface area contributed by atoms with Crippen LogP contribution in [0.1, 0.15) is 25.7 Å². The predicted molar refractivity (Wildman–Crippen MR) is 65.5 cm³/mol. The van der Waals surface area contributed by atoms with Crippen LogP contribution in [0.2, 0.25) is 0 Å². The molecule has 0 saturated heterocycles. The van der Waals surface area contributed by atoms with E-state index in [0.717, 1.165) is 32.2 Å². The van der Waals surface area contributed by atoms with Crippen LogP contribution in [0.5, 0.6) is 0 Å². The summed E-state index contributed by atoms with van der Waals surface area (Å²) in [5, 5.41) is 3.20. The summed E-state index contributed by atoms with van der Waals surface area (Å²) >= 11 is -2.13. The van der Waals surface area contributed by atoms with Crippen molar-refractivity contribution in [2.45, 2.75) is 25.7 Å². The van der Waals surface area contributed by atoms with Crippen LogP contribution in [-0.2, 0) is 11.3 Å². The first-order valence-corrected chi connectivity index (χ1v) is 6.73. The first-order chi connectivity index (χ1) is 7.79. The molecule has 1 rings (SSSR count). The van der Waals surface area contributed by atoms with Crippen molar-refractivity contribution < 1.29 is 8.76 Å². The molecule has 0 aromatic heterocycles. The van der Waals surface area contributed by atoms with Crippen LogP contribution in [0, 0.1) is 0 Å². The van der Waals surface area contributed by atoms with Gasteiger partial charge in [-0.3, -0.25) is 4.21 Å². The summed E-state index contributed by atoms with van der Waals surface area (Å²) in [5.41, 5.74) is 1.52. The van der Waals surface area contributed by atoms with Crippen LogP contribution in [0.15, 0.2) is 23.8 Å². The number of hydrogen-bond donors (Lipinski definition) is 2. The van der Waals surface area contributed by atoms with Crippen molar-refractivity contribution in [1.29, 1.82) is 0 Å². The smallest absolute Gasteiger partial charge is 0.0197 e. The van der Waals surface area contributed by atoms with Crippen molar-refractivity contribution in [3.8, 4) is 0 Å². The van der Waals surface area contributed by atoms with E-state index in [-0.39, 0.29) is 0 Å². The molecule has 0 spiro atoms. The minimum absolute atomic E-state index is 0.460. The molecule has 16 heavy (non-hydrogen) atoms. The molecule has 2 N–H and O–H groups in total. The SMILES string of the molecule is O=S([O-])NCCNCCCC1=CCC=CC1. The molecule has 0 aromatic rings. The van der Waals surface area contributed by atoms with Gasteiger partial charge in [-0.15, -0.1) is 0 Å². The van der Waals surface area contributed by atoms with Crippen LogP contribution < -0.4 is 10.0 Å². The third-order valence-corrected chi connectivity index (χ3v) is 2.90. The Labute approximate surface area is 99.6 Å². The van der Waals surface area contributed by atoms with Gasteiger partial charge in [-0.05, 0) is 32.2 Å². The zero-order valence-corrected chi connectivity index (χ0v) is 10.2. The van der Waals surface area contributed by atoms with Crippen LogP contribution in [0.4, 0.5) is 0 Å². The van der Waals surface area contributed by atoms with E-state index in [1.807, 2.05) is 0 Å². The molecule has 4 nitrogen and oxygen atoms in total. The molecule has 0 aliphatic heterocycles. The maximum Gasteiger partial charge on any atom is 0.0197 e. The van der Waals surface area contributed by atoms with Crippen LogP contribution in [0.25, 0.3) is 0 Å². The zero-order chi connectivity index (χ0) is 11.6. The summed E-state index contributed by atoms with van der Waals surface area (Å²) in [4.78, 5) is 0. The number of allylic oxidation sites excluding steroid dienone is 4. The fourth-order valence-electron chi connectivity index (χ4n) is 1.64. The van der Waals surface area contributed by atoms with Crippen molar-refractivity contribution in [1.82, 2.24) is 10.0 Å². The lowest BCUT2D eigenvalue weighted by Gasteiger charge is -2.10. The predicted octanol–water partition coefficient (Wildman–Crippen LogP) is 1.02. The van der Waals surface area contributed by atoms with Gasteiger partial charge in [0.25, 0.3) is 0 Å². The largest absolute Gasteiger partial charge is 0.760 e. The second-order valence-electron chi connectivity index (χ2n) is 3.76. The molecule has 0 radical (unpaired) electrons. The monoisotopic (exact) mass is 243 g/mol. The lowest BCUT2D eigenvalue weighted by atomic mass is 10.0. The molecule has 0 bridgehead atoms. The van der Waals surface area contributed by atoms with E-state index < -0.39 is 11.3 Å². The molecule has 0 fully saturated rings. The first-order valence-electron chi connectivity index (χ1n) is 5.65. The quantitative estimate of drug-likeness (QED) is 0.380. The Morgan fingerprint density at radius 3 is 2.88 bits per heavy atom. The highest BCUT2D eigenvalue weighted by molar-refractivity contribution is 7.77. The average Bonchev–Trinajstić information content (AvgIpc) is 2.29. The molecule has 1 aliphatic carbocycles. The zero-order valence-electron chi connectivity index (χ0n) is 9.41. The highest BCUT2D eigenvalue weighted by Crippen LogP contribution is 2.15. The molecule has 0 heterocycles. The minimum atomic E-state index is -2.13.